The van der Waals surface area contributed by atoms with Crippen LogP contribution in [0.1, 0.15) is 31.5 Å². The molecular formula is C13H18N4S. The van der Waals surface area contributed by atoms with E-state index in [0.717, 1.165) is 47.3 Å². The minimum Gasteiger partial charge on any atom is -0.370 e. The zero-order valence-corrected chi connectivity index (χ0v) is 11.8. The smallest absolute Gasteiger partial charge is 0.190 e. The Kier molecular flexibility index (Phi) is 4.25. The molecule has 0 radical (unpaired) electrons. The molecular weight excluding hydrogens is 244 g/mol. The molecule has 5 heteroatoms. The minimum absolute atomic E-state index is 0.728. The molecule has 0 saturated carbocycles. The highest BCUT2D eigenvalue weighted by Crippen LogP contribution is 2.23. The molecule has 0 atom stereocenters. The zero-order chi connectivity index (χ0) is 13.0. The third kappa shape index (κ3) is 2.67. The van der Waals surface area contributed by atoms with E-state index < -0.39 is 0 Å². The van der Waals surface area contributed by atoms with Gasteiger partial charge >= 0.3 is 0 Å². The van der Waals surface area contributed by atoms with Crippen LogP contribution in [0.15, 0.2) is 11.6 Å². The lowest BCUT2D eigenvalue weighted by Gasteiger charge is -2.11. The van der Waals surface area contributed by atoms with Crippen molar-refractivity contribution in [1.82, 2.24) is 15.0 Å². The molecule has 0 bridgehead atoms. The summed E-state index contributed by atoms with van der Waals surface area (Å²) >= 11 is 1.57. The maximum Gasteiger partial charge on any atom is 0.190 e. The van der Waals surface area contributed by atoms with E-state index in [1.807, 2.05) is 5.38 Å². The largest absolute Gasteiger partial charge is 0.370 e. The normalized spacial score (nSPS) is 10.6. The van der Waals surface area contributed by atoms with Crippen molar-refractivity contribution < 1.29 is 0 Å². The summed E-state index contributed by atoms with van der Waals surface area (Å²) in [5, 5.41) is 6.19. The molecule has 2 rings (SSSR count). The number of nitrogens with one attached hydrogen (secondary N) is 1. The van der Waals surface area contributed by atoms with Gasteiger partial charge in [0.05, 0.1) is 0 Å². The Morgan fingerprint density at radius 2 is 2.11 bits per heavy atom. The van der Waals surface area contributed by atoms with Gasteiger partial charge in [0.1, 0.15) is 5.82 Å². The number of hydrogen-bond donors (Lipinski definition) is 1. The molecule has 4 nitrogen and oxygen atoms in total. The number of rotatable bonds is 5. The van der Waals surface area contributed by atoms with Crippen LogP contribution in [0.2, 0.25) is 0 Å². The topological polar surface area (TPSA) is 50.7 Å². The van der Waals surface area contributed by atoms with Crippen LogP contribution < -0.4 is 5.32 Å². The molecule has 0 amide bonds. The molecule has 0 aliphatic rings. The van der Waals surface area contributed by atoms with Gasteiger partial charge in [-0.2, -0.15) is 0 Å². The van der Waals surface area contributed by atoms with E-state index in [1.165, 1.54) is 0 Å². The fourth-order valence-electron chi connectivity index (χ4n) is 1.75. The van der Waals surface area contributed by atoms with Crippen molar-refractivity contribution in [3.05, 3.63) is 22.8 Å². The summed E-state index contributed by atoms with van der Waals surface area (Å²) in [4.78, 5) is 13.5. The highest BCUT2D eigenvalue weighted by molar-refractivity contribution is 7.13. The molecule has 0 spiro atoms. The van der Waals surface area contributed by atoms with Gasteiger partial charge in [-0.25, -0.2) is 15.0 Å². The number of aryl methyl sites for hydroxylation is 1. The Hall–Kier alpha value is -1.49. The molecule has 0 aliphatic carbocycles. The van der Waals surface area contributed by atoms with Crippen LogP contribution in [-0.4, -0.2) is 21.5 Å². The third-order valence-corrected chi connectivity index (χ3v) is 3.52. The Morgan fingerprint density at radius 1 is 1.28 bits per heavy atom. The molecule has 0 aliphatic heterocycles. The van der Waals surface area contributed by atoms with Crippen molar-refractivity contribution in [1.29, 1.82) is 0 Å². The molecule has 0 saturated heterocycles. The van der Waals surface area contributed by atoms with Crippen molar-refractivity contribution in [2.24, 2.45) is 0 Å². The average Bonchev–Trinajstić information content (AvgIpc) is 2.91. The predicted octanol–water partition coefficient (Wildman–Crippen LogP) is 3.29. The lowest BCUT2D eigenvalue weighted by atomic mass is 10.2. The summed E-state index contributed by atoms with van der Waals surface area (Å²) in [5.41, 5.74) is 2.24. The van der Waals surface area contributed by atoms with Gasteiger partial charge in [-0.3, -0.25) is 0 Å². The van der Waals surface area contributed by atoms with E-state index in [9.17, 15) is 0 Å². The number of aromatic nitrogens is 3. The molecule has 0 unspecified atom stereocenters. The van der Waals surface area contributed by atoms with Gasteiger partial charge in [0.15, 0.2) is 10.8 Å². The first kappa shape index (κ1) is 13.0. The third-order valence-electron chi connectivity index (χ3n) is 2.75. The number of thiazole rings is 1. The lowest BCUT2D eigenvalue weighted by Crippen LogP contribution is -2.08. The van der Waals surface area contributed by atoms with Gasteiger partial charge in [0, 0.05) is 29.4 Å². The first-order valence-corrected chi connectivity index (χ1v) is 7.15. The van der Waals surface area contributed by atoms with E-state index in [-0.39, 0.29) is 0 Å². The van der Waals surface area contributed by atoms with Gasteiger partial charge in [-0.1, -0.05) is 13.8 Å². The van der Waals surface area contributed by atoms with Crippen LogP contribution in [0.5, 0.6) is 0 Å². The standard InChI is InChI=1S/C13H18N4S/c1-4-6-14-11-9(3)10(5-2)16-12(17-11)13-15-7-8-18-13/h7-8H,4-6H2,1-3H3,(H,14,16,17). The number of nitrogens with zero attached hydrogens (tertiary/aromatic N) is 3. The summed E-state index contributed by atoms with van der Waals surface area (Å²) in [5.74, 6) is 1.67. The maximum atomic E-state index is 4.60. The van der Waals surface area contributed by atoms with Crippen molar-refractivity contribution >= 4 is 17.2 Å². The molecule has 18 heavy (non-hydrogen) atoms. The second kappa shape index (κ2) is 5.91. The molecule has 0 fully saturated rings. The lowest BCUT2D eigenvalue weighted by molar-refractivity contribution is 0.935. The quantitative estimate of drug-likeness (QED) is 0.898. The first-order valence-electron chi connectivity index (χ1n) is 6.27. The highest BCUT2D eigenvalue weighted by atomic mass is 32.1. The zero-order valence-electron chi connectivity index (χ0n) is 11.0. The van der Waals surface area contributed by atoms with Gasteiger partial charge in [0.2, 0.25) is 0 Å². The van der Waals surface area contributed by atoms with Crippen LogP contribution >= 0.6 is 11.3 Å². The first-order chi connectivity index (χ1) is 8.76. The Balaban J connectivity index is 2.42. The van der Waals surface area contributed by atoms with Crippen LogP contribution in [0.3, 0.4) is 0 Å². The summed E-state index contributed by atoms with van der Waals surface area (Å²) < 4.78 is 0. The van der Waals surface area contributed by atoms with E-state index in [4.69, 9.17) is 0 Å². The van der Waals surface area contributed by atoms with E-state index in [1.54, 1.807) is 17.5 Å². The monoisotopic (exact) mass is 262 g/mol. The Bertz CT molecular complexity index is 508. The molecule has 96 valence electrons. The SMILES string of the molecule is CCCNc1nc(-c2nccs2)nc(CC)c1C. The summed E-state index contributed by atoms with van der Waals surface area (Å²) in [6.45, 7) is 7.26. The summed E-state index contributed by atoms with van der Waals surface area (Å²) in [6.07, 6.45) is 3.78. The Morgan fingerprint density at radius 3 is 2.72 bits per heavy atom. The number of anilines is 1. The van der Waals surface area contributed by atoms with Gasteiger partial charge in [-0.05, 0) is 19.8 Å². The highest BCUT2D eigenvalue weighted by Gasteiger charge is 2.12. The van der Waals surface area contributed by atoms with E-state index >= 15 is 0 Å². The summed E-state index contributed by atoms with van der Waals surface area (Å²) in [6, 6.07) is 0. The summed E-state index contributed by atoms with van der Waals surface area (Å²) in [7, 11) is 0. The number of hydrogen-bond acceptors (Lipinski definition) is 5. The van der Waals surface area contributed by atoms with Crippen LogP contribution in [0.4, 0.5) is 5.82 Å². The average molecular weight is 262 g/mol. The van der Waals surface area contributed by atoms with E-state index in [0.29, 0.717) is 0 Å². The van der Waals surface area contributed by atoms with Crippen molar-refractivity contribution in [2.45, 2.75) is 33.6 Å². The van der Waals surface area contributed by atoms with Crippen LogP contribution in [0.25, 0.3) is 10.8 Å². The second-order valence-electron chi connectivity index (χ2n) is 4.09. The van der Waals surface area contributed by atoms with Gasteiger partial charge in [0.25, 0.3) is 0 Å². The van der Waals surface area contributed by atoms with Crippen molar-refractivity contribution in [3.63, 3.8) is 0 Å². The minimum atomic E-state index is 0.728. The molecule has 2 aromatic rings. The van der Waals surface area contributed by atoms with Gasteiger partial charge < -0.3 is 5.32 Å². The van der Waals surface area contributed by atoms with Crippen molar-refractivity contribution in [2.75, 3.05) is 11.9 Å². The molecule has 2 aromatic heterocycles. The Labute approximate surface area is 112 Å². The van der Waals surface area contributed by atoms with Crippen LogP contribution in [-0.2, 0) is 6.42 Å². The fourth-order valence-corrected chi connectivity index (χ4v) is 2.32. The predicted molar refractivity (Wildman–Crippen MR) is 76.0 cm³/mol. The second-order valence-corrected chi connectivity index (χ2v) is 4.98. The molecule has 0 aromatic carbocycles. The molecule has 1 N–H and O–H groups in total. The van der Waals surface area contributed by atoms with E-state index in [2.05, 4.69) is 41.0 Å². The fraction of sp³-hybridized carbons (Fsp3) is 0.462. The van der Waals surface area contributed by atoms with Crippen LogP contribution in [0, 0.1) is 6.92 Å². The van der Waals surface area contributed by atoms with Gasteiger partial charge in [-0.15, -0.1) is 11.3 Å². The molecule has 2 heterocycles. The van der Waals surface area contributed by atoms with Crippen molar-refractivity contribution in [3.8, 4) is 10.8 Å². The maximum absolute atomic E-state index is 4.60.